The standard InChI is InChI=1S/C57H85N5O8S2/c1-31(65)61-52(58)60-27-33-24-56(29-64)38-21-40(57(56,70)41-23-42(66)39-22-43(67)44(68)26-54(39,4)48(33)41)45(13-9-19-63)72-71-28-34(62-18-17-59-30-62)25-53(2,3)50-36-12-8-16-55(14-5-6-15-55)49(36)35-11-7-10-32-20-37(38)51(69)47(50)46(32)35/h17-18,23,30-34,37-40,43-45,47-49,51,63-65,67-70H,5-16,19-22,24-29H2,1-4H3,(H3,58,60,61). The van der Waals surface area contributed by atoms with Crippen LogP contribution in [0, 0.1) is 74.9 Å². The minimum atomic E-state index is -1.72. The monoisotopic (exact) mass is 1030 g/mol. The molecule has 10 N–H and O–H groups in total. The number of aliphatic hydroxyl groups excluding tert-OH is 6. The predicted molar refractivity (Wildman–Crippen MR) is 282 cm³/mol. The second-order valence-electron chi connectivity index (χ2n) is 25.9. The van der Waals surface area contributed by atoms with Crippen molar-refractivity contribution in [3.05, 3.63) is 52.7 Å². The van der Waals surface area contributed by atoms with Gasteiger partial charge in [0.1, 0.15) is 6.23 Å². The van der Waals surface area contributed by atoms with Crippen LogP contribution in [0.25, 0.3) is 0 Å². The Balaban J connectivity index is 1.13. The van der Waals surface area contributed by atoms with Gasteiger partial charge in [0.2, 0.25) is 0 Å². The van der Waals surface area contributed by atoms with Crippen molar-refractivity contribution >= 4 is 33.3 Å². The quantitative estimate of drug-likeness (QED) is 0.0421. The fraction of sp³-hybridized carbons (Fsp3) is 0.807. The smallest absolute Gasteiger partial charge is 0.190 e. The minimum Gasteiger partial charge on any atom is -0.396 e. The SMILES string of the molecule is CC(O)NC(N)=NCC1CC2(CO)C3CC(C(CCCO)SSCC(n4ccnc4)CC(C)(C)C4=C5CCCC6(CCCC6)C5C5=C6C(CCC5)CC3C(O)C64)C2(O)C2=CC(=O)C3CC(O)C(O)CC3(C)C21. The Morgan fingerprint density at radius 3 is 2.47 bits per heavy atom. The molecule has 72 heavy (non-hydrogen) atoms. The fourth-order valence-corrected chi connectivity index (χ4v) is 22.8. The molecule has 10 aliphatic rings. The van der Waals surface area contributed by atoms with Gasteiger partial charge in [-0.2, -0.15) is 0 Å². The zero-order valence-electron chi connectivity index (χ0n) is 43.3. The highest BCUT2D eigenvalue weighted by Crippen LogP contribution is 2.75. The van der Waals surface area contributed by atoms with Gasteiger partial charge in [0.15, 0.2) is 11.7 Å². The van der Waals surface area contributed by atoms with Crippen LogP contribution in [0.3, 0.4) is 0 Å². The van der Waals surface area contributed by atoms with Crippen LogP contribution in [-0.2, 0) is 4.79 Å². The highest BCUT2D eigenvalue weighted by atomic mass is 33.1. The minimum absolute atomic E-state index is 0.0130. The lowest BCUT2D eigenvalue weighted by atomic mass is 9.41. The van der Waals surface area contributed by atoms with Gasteiger partial charge in [-0.25, -0.2) is 4.98 Å². The molecule has 7 fully saturated rings. The Bertz CT molecular complexity index is 2350. The molecule has 1 aromatic heterocycles. The van der Waals surface area contributed by atoms with E-state index in [-0.39, 0.29) is 96.1 Å². The van der Waals surface area contributed by atoms with E-state index in [2.05, 4.69) is 34.9 Å². The fourth-order valence-electron chi connectivity index (χ4n) is 19.5. The maximum Gasteiger partial charge on any atom is 0.190 e. The zero-order valence-corrected chi connectivity index (χ0v) is 44.9. The third-order valence-electron chi connectivity index (χ3n) is 21.9. The van der Waals surface area contributed by atoms with Crippen molar-refractivity contribution in [2.24, 2.45) is 85.6 Å². The average Bonchev–Trinajstić information content (AvgIpc) is 4.10. The van der Waals surface area contributed by atoms with E-state index in [1.54, 1.807) is 34.9 Å². The number of aromatic nitrogens is 2. The Labute approximate surface area is 435 Å². The van der Waals surface area contributed by atoms with Gasteiger partial charge in [-0.3, -0.25) is 9.79 Å². The number of carbonyl (C=O) groups excluding carboxylic acids is 1. The summed E-state index contributed by atoms with van der Waals surface area (Å²) in [5, 5.41) is 87.7. The number of nitrogens with two attached hydrogens (primary N) is 1. The molecule has 1 spiro atoms. The molecule has 0 aromatic carbocycles. The Kier molecular flexibility index (Phi) is 13.9. The van der Waals surface area contributed by atoms with Gasteiger partial charge >= 0.3 is 0 Å². The Morgan fingerprint density at radius 2 is 1.75 bits per heavy atom. The van der Waals surface area contributed by atoms with Gasteiger partial charge in [0.25, 0.3) is 0 Å². The first-order valence-electron chi connectivity index (χ1n) is 28.1. The summed E-state index contributed by atoms with van der Waals surface area (Å²) in [5.74, 6) is -1.35. The summed E-state index contributed by atoms with van der Waals surface area (Å²) in [4.78, 5) is 24.4. The molecule has 4 bridgehead atoms. The molecular formula is C57H85N5O8S2. The van der Waals surface area contributed by atoms with Crippen LogP contribution in [0.4, 0.5) is 0 Å². The van der Waals surface area contributed by atoms with Crippen molar-refractivity contribution in [2.45, 2.75) is 185 Å². The molecule has 1 aliphatic heterocycles. The Hall–Kier alpha value is -2.21. The molecule has 0 radical (unpaired) electrons. The van der Waals surface area contributed by atoms with E-state index >= 15 is 0 Å². The number of guanidine groups is 1. The number of hydrogen-bond donors (Lipinski definition) is 9. The number of hydrogen-bond acceptors (Lipinski definition) is 12. The van der Waals surface area contributed by atoms with Gasteiger partial charge in [0, 0.05) is 71.7 Å². The van der Waals surface area contributed by atoms with Crippen LogP contribution in [-0.4, -0.2) is 118 Å². The van der Waals surface area contributed by atoms with Gasteiger partial charge in [-0.05, 0) is 167 Å². The van der Waals surface area contributed by atoms with Crippen LogP contribution in [0.2, 0.25) is 0 Å². The first-order chi connectivity index (χ1) is 34.4. The lowest BCUT2D eigenvalue weighted by molar-refractivity contribution is -0.186. The number of nitrogens with zero attached hydrogens (tertiary/aromatic N) is 3. The zero-order chi connectivity index (χ0) is 50.7. The number of rotatable bonds is 8. The number of allylic oxidation sites excluding steroid dienone is 3. The summed E-state index contributed by atoms with van der Waals surface area (Å²) in [7, 11) is 3.60. The van der Waals surface area contributed by atoms with E-state index in [9.17, 15) is 40.5 Å². The molecule has 1 saturated heterocycles. The molecule has 9 aliphatic carbocycles. The van der Waals surface area contributed by atoms with Gasteiger partial charge in [-0.15, -0.1) is 0 Å². The summed E-state index contributed by atoms with van der Waals surface area (Å²) in [5.41, 5.74) is 9.50. The van der Waals surface area contributed by atoms with Crippen LogP contribution in [0.1, 0.15) is 149 Å². The van der Waals surface area contributed by atoms with E-state index < -0.39 is 58.7 Å². The molecule has 1 aromatic rings. The predicted octanol–water partition coefficient (Wildman–Crippen LogP) is 7.01. The van der Waals surface area contributed by atoms with Crippen LogP contribution >= 0.6 is 21.6 Å². The number of aliphatic imine (C=N–C) groups is 1. The van der Waals surface area contributed by atoms with E-state index in [0.29, 0.717) is 37.2 Å². The number of carbonyl (C=O) groups is 1. The Morgan fingerprint density at radius 1 is 0.986 bits per heavy atom. The molecular weight excluding hydrogens is 947 g/mol. The lowest BCUT2D eigenvalue weighted by Gasteiger charge is -2.64. The summed E-state index contributed by atoms with van der Waals surface area (Å²) in [6, 6.07) is 0.0850. The first kappa shape index (κ1) is 51.9. The van der Waals surface area contributed by atoms with Gasteiger partial charge in [-0.1, -0.05) is 77.5 Å². The highest BCUT2D eigenvalue weighted by Gasteiger charge is 2.75. The molecule has 398 valence electrons. The van der Waals surface area contributed by atoms with Crippen molar-refractivity contribution in [1.29, 1.82) is 0 Å². The average molecular weight is 1030 g/mol. The molecule has 13 nitrogen and oxygen atoms in total. The summed E-state index contributed by atoms with van der Waals surface area (Å²) in [6.07, 6.45) is 19.6. The molecule has 2 heterocycles. The third-order valence-corrected chi connectivity index (χ3v) is 24.9. The third kappa shape index (κ3) is 7.97. The van der Waals surface area contributed by atoms with Crippen molar-refractivity contribution in [2.75, 3.05) is 25.5 Å². The maximum atomic E-state index is 15.0. The van der Waals surface area contributed by atoms with E-state index in [1.807, 2.05) is 30.2 Å². The normalized spacial score (nSPS) is 44.8. The highest BCUT2D eigenvalue weighted by molar-refractivity contribution is 8.76. The van der Waals surface area contributed by atoms with Crippen LogP contribution in [0.5, 0.6) is 0 Å². The van der Waals surface area contributed by atoms with Crippen LogP contribution in [0.15, 0.2) is 57.7 Å². The number of nitrogens with one attached hydrogen (secondary N) is 1. The summed E-state index contributed by atoms with van der Waals surface area (Å²) < 4.78 is 2.28. The van der Waals surface area contributed by atoms with Crippen molar-refractivity contribution in [3.8, 4) is 0 Å². The maximum absolute atomic E-state index is 15.0. The number of ketones is 1. The molecule has 0 amide bonds. The van der Waals surface area contributed by atoms with E-state index in [1.165, 1.54) is 49.7 Å². The molecule has 18 unspecified atom stereocenters. The number of imidazole rings is 1. The largest absolute Gasteiger partial charge is 0.396 e. The van der Waals surface area contributed by atoms with Gasteiger partial charge in [0.05, 0.1) is 36.8 Å². The van der Waals surface area contributed by atoms with E-state index in [4.69, 9.17) is 10.7 Å². The van der Waals surface area contributed by atoms with Gasteiger partial charge < -0.3 is 51.4 Å². The first-order valence-corrected chi connectivity index (χ1v) is 30.5. The van der Waals surface area contributed by atoms with Crippen molar-refractivity contribution in [1.82, 2.24) is 14.9 Å². The van der Waals surface area contributed by atoms with Crippen molar-refractivity contribution < 1.29 is 40.5 Å². The molecule has 15 heteroatoms. The second-order valence-corrected chi connectivity index (χ2v) is 28.6. The van der Waals surface area contributed by atoms with Crippen LogP contribution < -0.4 is 11.1 Å². The summed E-state index contributed by atoms with van der Waals surface area (Å²) >= 11 is 0. The summed E-state index contributed by atoms with van der Waals surface area (Å²) in [6.45, 7) is 8.34. The lowest BCUT2D eigenvalue weighted by Crippen LogP contribution is -2.67. The molecule has 6 saturated carbocycles. The molecule has 18 atom stereocenters. The van der Waals surface area contributed by atoms with E-state index in [0.717, 1.165) is 44.3 Å². The topological polar surface area (TPSA) is 227 Å². The number of fused-ring (bicyclic) bond motifs is 14. The molecule has 11 rings (SSSR count). The second kappa shape index (κ2) is 19.4. The number of aliphatic hydroxyl groups is 7. The van der Waals surface area contributed by atoms with Crippen molar-refractivity contribution in [3.63, 3.8) is 0 Å².